The summed E-state index contributed by atoms with van der Waals surface area (Å²) in [6.07, 6.45) is 9.24. The molecule has 4 heterocycles. The molecule has 0 saturated heterocycles. The number of aryl methyl sites for hydroxylation is 1. The Bertz CT molecular complexity index is 1070. The fourth-order valence-electron chi connectivity index (χ4n) is 3.18. The van der Waals surface area contributed by atoms with Gasteiger partial charge in [-0.3, -0.25) is 0 Å². The predicted octanol–water partition coefficient (Wildman–Crippen LogP) is 8.12. The van der Waals surface area contributed by atoms with Gasteiger partial charge in [-0.25, -0.2) is 0 Å². The van der Waals surface area contributed by atoms with Gasteiger partial charge >= 0.3 is 0 Å². The largest absolute Gasteiger partial charge is 0.213 e. The first-order valence-corrected chi connectivity index (χ1v) is 13.5. The molecule has 0 aliphatic rings. The van der Waals surface area contributed by atoms with E-state index in [2.05, 4.69) is 67.5 Å². The Labute approximate surface area is 197 Å². The van der Waals surface area contributed by atoms with E-state index in [1.54, 1.807) is 22.7 Å². The quantitative estimate of drug-likeness (QED) is 0.199. The van der Waals surface area contributed by atoms with Crippen LogP contribution in [0.4, 0.5) is 0 Å². The van der Waals surface area contributed by atoms with Crippen LogP contribution in [0.15, 0.2) is 40.2 Å². The zero-order valence-electron chi connectivity index (χ0n) is 16.8. The summed E-state index contributed by atoms with van der Waals surface area (Å²) in [6.45, 7) is 2.27. The lowest BCUT2D eigenvalue weighted by atomic mass is 10.1. The number of hydrogen-bond acceptors (Lipinski definition) is 7. The molecule has 0 bridgehead atoms. The Kier molecular flexibility index (Phi) is 7.76. The number of halogens is 1. The van der Waals surface area contributed by atoms with E-state index in [4.69, 9.17) is 0 Å². The van der Waals surface area contributed by atoms with Crippen LogP contribution in [0.5, 0.6) is 0 Å². The van der Waals surface area contributed by atoms with E-state index < -0.39 is 0 Å². The van der Waals surface area contributed by atoms with Crippen molar-refractivity contribution in [2.24, 2.45) is 0 Å². The minimum Gasteiger partial charge on any atom is -0.139 e. The normalized spacial score (nSPS) is 11.3. The summed E-state index contributed by atoms with van der Waals surface area (Å²) in [5.41, 5.74) is 0. The standard InChI is InChI=1S/C22H23BrN4S3/c1-2-3-4-5-6-7-8-15-9-10-16(28-15)17-11-12-18(29-17)21-24-26-22(27-25-21)19-13-14-20(23)30-19/h9-14H,2-8H2,1H3. The van der Waals surface area contributed by atoms with Crippen LogP contribution in [0, 0.1) is 0 Å². The lowest BCUT2D eigenvalue weighted by Crippen LogP contribution is -1.97. The van der Waals surface area contributed by atoms with Crippen molar-refractivity contribution in [3.8, 4) is 31.2 Å². The zero-order chi connectivity index (χ0) is 20.8. The van der Waals surface area contributed by atoms with Crippen molar-refractivity contribution >= 4 is 49.9 Å². The monoisotopic (exact) mass is 518 g/mol. The van der Waals surface area contributed by atoms with Gasteiger partial charge in [0.25, 0.3) is 0 Å². The Balaban J connectivity index is 1.37. The molecule has 0 unspecified atom stereocenters. The second kappa shape index (κ2) is 10.7. The van der Waals surface area contributed by atoms with Gasteiger partial charge in [0, 0.05) is 14.6 Å². The van der Waals surface area contributed by atoms with Crippen molar-refractivity contribution < 1.29 is 0 Å². The first-order valence-electron chi connectivity index (χ1n) is 10.3. The van der Waals surface area contributed by atoms with Crippen LogP contribution >= 0.6 is 49.9 Å². The highest BCUT2D eigenvalue weighted by Crippen LogP contribution is 2.37. The maximum Gasteiger partial charge on any atom is 0.213 e. The molecule has 0 spiro atoms. The molecule has 4 aromatic heterocycles. The summed E-state index contributed by atoms with van der Waals surface area (Å²) in [7, 11) is 0. The fourth-order valence-corrected chi connectivity index (χ4v) is 6.56. The van der Waals surface area contributed by atoms with Crippen LogP contribution in [0.3, 0.4) is 0 Å². The zero-order valence-corrected chi connectivity index (χ0v) is 20.8. The van der Waals surface area contributed by atoms with E-state index >= 15 is 0 Å². The Hall–Kier alpha value is -1.48. The number of aromatic nitrogens is 4. The molecular formula is C22H23BrN4S3. The molecule has 4 rings (SSSR count). The predicted molar refractivity (Wildman–Crippen MR) is 132 cm³/mol. The Morgan fingerprint density at radius 1 is 0.633 bits per heavy atom. The van der Waals surface area contributed by atoms with Gasteiger partial charge in [-0.15, -0.1) is 54.4 Å². The fraction of sp³-hybridized carbons (Fsp3) is 0.364. The molecule has 0 atom stereocenters. The molecule has 0 N–H and O–H groups in total. The highest BCUT2D eigenvalue weighted by molar-refractivity contribution is 9.11. The molecule has 0 radical (unpaired) electrons. The summed E-state index contributed by atoms with van der Waals surface area (Å²) in [4.78, 5) is 5.99. The van der Waals surface area contributed by atoms with Gasteiger partial charge in [0.15, 0.2) is 0 Å². The van der Waals surface area contributed by atoms with Gasteiger partial charge in [0.2, 0.25) is 11.6 Å². The number of nitrogens with zero attached hydrogens (tertiary/aromatic N) is 4. The van der Waals surface area contributed by atoms with E-state index in [-0.39, 0.29) is 0 Å². The topological polar surface area (TPSA) is 51.6 Å². The number of hydrogen-bond donors (Lipinski definition) is 0. The molecule has 4 aromatic rings. The number of thiophene rings is 3. The van der Waals surface area contributed by atoms with Crippen LogP contribution in [0.2, 0.25) is 0 Å². The lowest BCUT2D eigenvalue weighted by molar-refractivity contribution is 0.609. The minimum atomic E-state index is 0.559. The van der Waals surface area contributed by atoms with Gasteiger partial charge in [-0.2, -0.15) is 0 Å². The number of unbranched alkanes of at least 4 members (excludes halogenated alkanes) is 5. The van der Waals surface area contributed by atoms with Gasteiger partial charge in [0.05, 0.1) is 13.5 Å². The van der Waals surface area contributed by atoms with Crippen molar-refractivity contribution in [3.05, 3.63) is 45.1 Å². The SMILES string of the molecule is CCCCCCCCc1ccc(-c2ccc(-c3nnc(-c4ccc(Br)s4)nn3)s2)s1. The maximum absolute atomic E-state index is 4.30. The van der Waals surface area contributed by atoms with Crippen LogP contribution < -0.4 is 0 Å². The van der Waals surface area contributed by atoms with Crippen LogP contribution in [-0.4, -0.2) is 20.4 Å². The van der Waals surface area contributed by atoms with E-state index in [9.17, 15) is 0 Å². The van der Waals surface area contributed by atoms with Crippen molar-refractivity contribution in [2.45, 2.75) is 51.9 Å². The van der Waals surface area contributed by atoms with Crippen LogP contribution in [-0.2, 0) is 6.42 Å². The molecule has 0 fully saturated rings. The molecule has 0 amide bonds. The van der Waals surface area contributed by atoms with Gasteiger partial charge in [0.1, 0.15) is 0 Å². The second-order valence-electron chi connectivity index (χ2n) is 7.10. The summed E-state index contributed by atoms with van der Waals surface area (Å²) in [5, 5.41) is 17.1. The summed E-state index contributed by atoms with van der Waals surface area (Å²) in [6, 6.07) is 12.7. The van der Waals surface area contributed by atoms with Crippen LogP contribution in [0.25, 0.3) is 31.2 Å². The van der Waals surface area contributed by atoms with Crippen molar-refractivity contribution in [1.29, 1.82) is 0 Å². The smallest absolute Gasteiger partial charge is 0.139 e. The summed E-state index contributed by atoms with van der Waals surface area (Å²) >= 11 is 8.63. The van der Waals surface area contributed by atoms with Crippen molar-refractivity contribution in [1.82, 2.24) is 20.4 Å². The summed E-state index contributed by atoms with van der Waals surface area (Å²) in [5.74, 6) is 1.14. The molecule has 8 heteroatoms. The molecule has 4 nitrogen and oxygen atoms in total. The van der Waals surface area contributed by atoms with Gasteiger partial charge < -0.3 is 0 Å². The average Bonchev–Trinajstić information content (AvgIpc) is 3.51. The maximum atomic E-state index is 4.30. The van der Waals surface area contributed by atoms with Gasteiger partial charge in [-0.1, -0.05) is 39.0 Å². The minimum absolute atomic E-state index is 0.559. The first kappa shape index (κ1) is 21.7. The van der Waals surface area contributed by atoms with Crippen LogP contribution in [0.1, 0.15) is 50.3 Å². The summed E-state index contributed by atoms with van der Waals surface area (Å²) < 4.78 is 1.04. The Morgan fingerprint density at radius 2 is 1.20 bits per heavy atom. The second-order valence-corrected chi connectivity index (χ2v) is 11.8. The van der Waals surface area contributed by atoms with Crippen molar-refractivity contribution in [3.63, 3.8) is 0 Å². The lowest BCUT2D eigenvalue weighted by Gasteiger charge is -1.99. The van der Waals surface area contributed by atoms with Gasteiger partial charge in [-0.05, 0) is 65.2 Å². The molecule has 0 aromatic carbocycles. The number of rotatable bonds is 10. The molecule has 30 heavy (non-hydrogen) atoms. The van der Waals surface area contributed by atoms with E-state index in [0.29, 0.717) is 11.6 Å². The average molecular weight is 520 g/mol. The third kappa shape index (κ3) is 5.60. The first-order chi connectivity index (χ1) is 14.7. The van der Waals surface area contributed by atoms with E-state index in [0.717, 1.165) is 13.5 Å². The third-order valence-corrected chi connectivity index (χ3v) is 8.82. The molecule has 0 aliphatic heterocycles. The van der Waals surface area contributed by atoms with Crippen molar-refractivity contribution in [2.75, 3.05) is 0 Å². The highest BCUT2D eigenvalue weighted by atomic mass is 79.9. The third-order valence-electron chi connectivity index (χ3n) is 4.78. The molecule has 0 aliphatic carbocycles. The molecule has 156 valence electrons. The highest BCUT2D eigenvalue weighted by Gasteiger charge is 2.12. The van der Waals surface area contributed by atoms with E-state index in [1.807, 2.05) is 23.5 Å². The molecule has 0 saturated carbocycles. The Morgan fingerprint density at radius 3 is 1.90 bits per heavy atom. The van der Waals surface area contributed by atoms with E-state index in [1.165, 1.54) is 59.6 Å². The molecular weight excluding hydrogens is 496 g/mol.